The van der Waals surface area contributed by atoms with Crippen LogP contribution >= 0.6 is 0 Å². The molecule has 0 aliphatic heterocycles. The lowest BCUT2D eigenvalue weighted by atomic mass is 10.0. The van der Waals surface area contributed by atoms with Crippen molar-refractivity contribution in [1.82, 2.24) is 20.1 Å². The van der Waals surface area contributed by atoms with Gasteiger partial charge in [-0.2, -0.15) is 5.10 Å². The number of hydrogen-bond donors (Lipinski definition) is 3. The first-order valence-electron chi connectivity index (χ1n) is 8.35. The molecule has 0 radical (unpaired) electrons. The van der Waals surface area contributed by atoms with Gasteiger partial charge in [-0.05, 0) is 30.7 Å². The number of pyridine rings is 1. The molecular formula is C19H21N5O2. The highest BCUT2D eigenvalue weighted by atomic mass is 16.3. The highest BCUT2D eigenvalue weighted by Gasteiger charge is 2.10. The number of anilines is 1. The molecule has 2 heterocycles. The molecule has 3 rings (SSSR count). The molecule has 0 saturated heterocycles. The van der Waals surface area contributed by atoms with E-state index in [-0.39, 0.29) is 6.54 Å². The quantitative estimate of drug-likeness (QED) is 0.636. The van der Waals surface area contributed by atoms with Gasteiger partial charge in [0.15, 0.2) is 0 Å². The number of aromatic nitrogens is 3. The Morgan fingerprint density at radius 1 is 1.19 bits per heavy atom. The lowest BCUT2D eigenvalue weighted by Gasteiger charge is -2.13. The summed E-state index contributed by atoms with van der Waals surface area (Å²) in [5, 5.41) is 19.2. The van der Waals surface area contributed by atoms with Crippen LogP contribution in [0.3, 0.4) is 0 Å². The topological polar surface area (TPSA) is 92.1 Å². The van der Waals surface area contributed by atoms with Crippen molar-refractivity contribution in [2.45, 2.75) is 19.6 Å². The second-order valence-electron chi connectivity index (χ2n) is 5.91. The minimum Gasteiger partial charge on any atom is -0.389 e. The van der Waals surface area contributed by atoms with E-state index in [1.54, 1.807) is 29.2 Å². The highest BCUT2D eigenvalue weighted by molar-refractivity contribution is 5.88. The Kier molecular flexibility index (Phi) is 5.60. The highest BCUT2D eigenvalue weighted by Crippen LogP contribution is 2.23. The molecule has 0 aliphatic rings. The Hall–Kier alpha value is -3.19. The molecule has 2 amide bonds. The normalized spacial score (nSPS) is 11.8. The lowest BCUT2D eigenvalue weighted by molar-refractivity contribution is 0.148. The molecule has 3 aromatic rings. The average molecular weight is 351 g/mol. The van der Waals surface area contributed by atoms with Crippen molar-refractivity contribution in [2.75, 3.05) is 11.9 Å². The summed E-state index contributed by atoms with van der Waals surface area (Å²) in [6, 6.07) is 15.0. The second-order valence-corrected chi connectivity index (χ2v) is 5.91. The number of urea groups is 1. The summed E-state index contributed by atoms with van der Waals surface area (Å²) in [5.41, 5.74) is 2.93. The molecule has 0 saturated carbocycles. The van der Waals surface area contributed by atoms with Crippen LogP contribution in [0.1, 0.15) is 5.69 Å². The van der Waals surface area contributed by atoms with E-state index in [1.165, 1.54) is 0 Å². The SMILES string of the molecule is Cc1nc(NC(=O)NCC(O)Cn2cccn2)ccc1-c1ccccc1. The fraction of sp³-hybridized carbons (Fsp3) is 0.211. The van der Waals surface area contributed by atoms with Crippen LogP contribution in [0.4, 0.5) is 10.6 Å². The number of aliphatic hydroxyl groups is 1. The van der Waals surface area contributed by atoms with Crippen LogP contribution in [0, 0.1) is 6.92 Å². The van der Waals surface area contributed by atoms with E-state index in [9.17, 15) is 9.90 Å². The number of nitrogens with zero attached hydrogens (tertiary/aromatic N) is 3. The lowest BCUT2D eigenvalue weighted by Crippen LogP contribution is -2.37. The average Bonchev–Trinajstić information content (AvgIpc) is 3.14. The number of hydrogen-bond acceptors (Lipinski definition) is 4. The second kappa shape index (κ2) is 8.26. The number of nitrogens with one attached hydrogen (secondary N) is 2. The predicted molar refractivity (Wildman–Crippen MR) is 99.7 cm³/mol. The van der Waals surface area contributed by atoms with Gasteiger partial charge in [0.25, 0.3) is 0 Å². The van der Waals surface area contributed by atoms with Gasteiger partial charge in [-0.15, -0.1) is 0 Å². The molecule has 1 aromatic carbocycles. The van der Waals surface area contributed by atoms with Crippen LogP contribution in [-0.4, -0.2) is 38.6 Å². The molecule has 3 N–H and O–H groups in total. The van der Waals surface area contributed by atoms with E-state index in [2.05, 4.69) is 20.7 Å². The summed E-state index contributed by atoms with van der Waals surface area (Å²) in [7, 11) is 0. The van der Waals surface area contributed by atoms with Crippen molar-refractivity contribution in [2.24, 2.45) is 0 Å². The van der Waals surface area contributed by atoms with Gasteiger partial charge in [0.2, 0.25) is 0 Å². The van der Waals surface area contributed by atoms with Gasteiger partial charge in [0, 0.05) is 30.2 Å². The van der Waals surface area contributed by atoms with E-state index in [0.717, 1.165) is 16.8 Å². The van der Waals surface area contributed by atoms with Crippen LogP contribution in [-0.2, 0) is 6.54 Å². The van der Waals surface area contributed by atoms with Crippen molar-refractivity contribution in [3.63, 3.8) is 0 Å². The molecule has 0 bridgehead atoms. The van der Waals surface area contributed by atoms with Crippen molar-refractivity contribution < 1.29 is 9.90 Å². The van der Waals surface area contributed by atoms with E-state index >= 15 is 0 Å². The van der Waals surface area contributed by atoms with E-state index in [1.807, 2.05) is 43.3 Å². The minimum absolute atomic E-state index is 0.118. The molecule has 1 unspecified atom stereocenters. The maximum Gasteiger partial charge on any atom is 0.320 e. The number of aliphatic hydroxyl groups excluding tert-OH is 1. The van der Waals surface area contributed by atoms with Gasteiger partial charge in [-0.25, -0.2) is 9.78 Å². The molecule has 0 spiro atoms. The number of amides is 2. The zero-order valence-electron chi connectivity index (χ0n) is 14.5. The van der Waals surface area contributed by atoms with Crippen LogP contribution in [0.2, 0.25) is 0 Å². The van der Waals surface area contributed by atoms with Crippen LogP contribution < -0.4 is 10.6 Å². The number of aryl methyl sites for hydroxylation is 1. The molecule has 134 valence electrons. The monoisotopic (exact) mass is 351 g/mol. The smallest absolute Gasteiger partial charge is 0.320 e. The summed E-state index contributed by atoms with van der Waals surface area (Å²) < 4.78 is 1.61. The number of carbonyl (C=O) groups is 1. The van der Waals surface area contributed by atoms with Crippen molar-refractivity contribution in [3.8, 4) is 11.1 Å². The molecule has 26 heavy (non-hydrogen) atoms. The standard InChI is InChI=1S/C19H21N5O2/c1-14-17(15-6-3-2-4-7-15)8-9-18(22-14)23-19(26)20-12-16(25)13-24-11-5-10-21-24/h2-11,16,25H,12-13H2,1H3,(H2,20,22,23,26). The number of carbonyl (C=O) groups excluding carboxylic acids is 1. The molecule has 2 aromatic heterocycles. The summed E-state index contributed by atoms with van der Waals surface area (Å²) in [5.74, 6) is 0.459. The van der Waals surface area contributed by atoms with Gasteiger partial charge in [-0.3, -0.25) is 10.00 Å². The van der Waals surface area contributed by atoms with E-state index < -0.39 is 12.1 Å². The van der Waals surface area contributed by atoms with Crippen molar-refractivity contribution in [1.29, 1.82) is 0 Å². The van der Waals surface area contributed by atoms with Gasteiger partial charge >= 0.3 is 6.03 Å². The Labute approximate surface area is 151 Å². The Morgan fingerprint density at radius 2 is 2.00 bits per heavy atom. The summed E-state index contributed by atoms with van der Waals surface area (Å²) >= 11 is 0. The zero-order valence-corrected chi connectivity index (χ0v) is 14.5. The minimum atomic E-state index is -0.726. The van der Waals surface area contributed by atoms with Gasteiger partial charge in [-0.1, -0.05) is 30.3 Å². The van der Waals surface area contributed by atoms with Gasteiger partial charge in [0.05, 0.1) is 12.6 Å². The third kappa shape index (κ3) is 4.67. The first kappa shape index (κ1) is 17.6. The van der Waals surface area contributed by atoms with Gasteiger partial charge in [0.1, 0.15) is 5.82 Å². The van der Waals surface area contributed by atoms with E-state index in [4.69, 9.17) is 0 Å². The molecule has 0 aliphatic carbocycles. The summed E-state index contributed by atoms with van der Waals surface area (Å²) in [6.45, 7) is 2.34. The third-order valence-corrected chi connectivity index (χ3v) is 3.87. The predicted octanol–water partition coefficient (Wildman–Crippen LogP) is 2.44. The molecule has 7 heteroatoms. The maximum atomic E-state index is 12.0. The maximum absolute atomic E-state index is 12.0. The fourth-order valence-electron chi connectivity index (χ4n) is 2.61. The number of benzene rings is 1. The van der Waals surface area contributed by atoms with Crippen LogP contribution in [0.15, 0.2) is 60.9 Å². The molecular weight excluding hydrogens is 330 g/mol. The molecule has 1 atom stereocenters. The zero-order chi connectivity index (χ0) is 18.4. The van der Waals surface area contributed by atoms with Gasteiger partial charge < -0.3 is 10.4 Å². The third-order valence-electron chi connectivity index (χ3n) is 3.87. The number of rotatable bonds is 6. The fourth-order valence-corrected chi connectivity index (χ4v) is 2.61. The Morgan fingerprint density at radius 3 is 2.69 bits per heavy atom. The molecule has 0 fully saturated rings. The Balaban J connectivity index is 1.53. The molecule has 7 nitrogen and oxygen atoms in total. The van der Waals surface area contributed by atoms with Crippen molar-refractivity contribution in [3.05, 3.63) is 66.6 Å². The first-order valence-corrected chi connectivity index (χ1v) is 8.35. The first-order chi connectivity index (χ1) is 12.6. The Bertz CT molecular complexity index is 850. The van der Waals surface area contributed by atoms with E-state index in [0.29, 0.717) is 12.4 Å². The summed E-state index contributed by atoms with van der Waals surface area (Å²) in [4.78, 5) is 16.4. The van der Waals surface area contributed by atoms with Crippen LogP contribution in [0.25, 0.3) is 11.1 Å². The largest absolute Gasteiger partial charge is 0.389 e. The van der Waals surface area contributed by atoms with Crippen LogP contribution in [0.5, 0.6) is 0 Å². The summed E-state index contributed by atoms with van der Waals surface area (Å²) in [6.07, 6.45) is 2.67. The van der Waals surface area contributed by atoms with Crippen molar-refractivity contribution >= 4 is 11.8 Å².